The van der Waals surface area contributed by atoms with E-state index < -0.39 is 64.6 Å². The molecule has 1 aromatic rings. The normalized spacial score (nSPS) is 33.0. The lowest BCUT2D eigenvalue weighted by Crippen LogP contribution is -2.74. The third-order valence-electron chi connectivity index (χ3n) is 7.02. The molecule has 6 atom stereocenters. The van der Waals surface area contributed by atoms with Gasteiger partial charge in [-0.3, -0.25) is 24.1 Å². The van der Waals surface area contributed by atoms with Crippen molar-refractivity contribution in [1.29, 1.82) is 5.26 Å². The molecule has 33 heavy (non-hydrogen) atoms. The minimum atomic E-state index is -2.53. The van der Waals surface area contributed by atoms with Gasteiger partial charge in [-0.15, -0.1) is 0 Å². The van der Waals surface area contributed by atoms with Crippen molar-refractivity contribution in [2.45, 2.75) is 24.5 Å². The van der Waals surface area contributed by atoms with Crippen molar-refractivity contribution in [2.75, 3.05) is 21.2 Å². The smallest absolute Gasteiger partial charge is 0.507 e. The number of likely N-dealkylation sites (N-methyl/N-ethyl adjacent to an activating group) is 1. The highest BCUT2D eigenvalue weighted by atomic mass is 16.7. The quantitative estimate of drug-likeness (QED) is 0.499. The predicted molar refractivity (Wildman–Crippen MR) is 109 cm³/mol. The highest BCUT2D eigenvalue weighted by molar-refractivity contribution is 6.28. The van der Waals surface area contributed by atoms with Crippen LogP contribution in [0.4, 0.5) is 4.79 Å². The van der Waals surface area contributed by atoms with Crippen molar-refractivity contribution in [1.82, 2.24) is 4.90 Å². The number of ketones is 4. The Balaban J connectivity index is 1.94. The number of hydrogen-bond acceptors (Lipinski definition) is 10. The van der Waals surface area contributed by atoms with E-state index in [0.717, 1.165) is 7.11 Å². The fourth-order valence-corrected chi connectivity index (χ4v) is 5.72. The second-order valence-electron chi connectivity index (χ2n) is 8.85. The standard InChI is InChI=1S/C23H22N2O8/c1-25(2)17-13-8-11-7-10-5-4-6-14(26)15(10)19(28)16(11)21(30)23(13,33-22(31)32-3)20(29)12(9-24)18(17)27/h4-6,11-13,16-17,26H,7-8H2,1-3H3/t11-,12?,13-,16?,17-,23+/m0/s1. The number of ether oxygens (including phenoxy) is 2. The second-order valence-corrected chi connectivity index (χ2v) is 8.85. The number of benzene rings is 1. The highest BCUT2D eigenvalue weighted by Gasteiger charge is 2.71. The van der Waals surface area contributed by atoms with Gasteiger partial charge in [-0.05, 0) is 44.5 Å². The monoisotopic (exact) mass is 454 g/mol. The van der Waals surface area contributed by atoms with Crippen molar-refractivity contribution in [3.05, 3.63) is 29.3 Å². The zero-order valence-corrected chi connectivity index (χ0v) is 18.2. The van der Waals surface area contributed by atoms with Crippen LogP contribution < -0.4 is 0 Å². The molecule has 1 aromatic carbocycles. The fraction of sp³-hybridized carbons (Fsp3) is 0.478. The molecule has 0 spiro atoms. The summed E-state index contributed by atoms with van der Waals surface area (Å²) in [6.45, 7) is 0. The van der Waals surface area contributed by atoms with E-state index in [0.29, 0.717) is 5.56 Å². The molecular formula is C23H22N2O8. The van der Waals surface area contributed by atoms with Crippen molar-refractivity contribution in [3.63, 3.8) is 0 Å². The number of hydrogen-bond donors (Lipinski definition) is 1. The van der Waals surface area contributed by atoms with Crippen LogP contribution >= 0.6 is 0 Å². The van der Waals surface area contributed by atoms with E-state index in [9.17, 15) is 34.3 Å². The maximum atomic E-state index is 14.0. The van der Waals surface area contributed by atoms with Gasteiger partial charge in [0.2, 0.25) is 11.4 Å². The van der Waals surface area contributed by atoms with Gasteiger partial charge in [0.05, 0.1) is 30.7 Å². The molecule has 3 aliphatic rings. The number of fused-ring (bicyclic) bond motifs is 3. The Hall–Kier alpha value is -3.58. The van der Waals surface area contributed by atoms with Gasteiger partial charge in [0.1, 0.15) is 5.75 Å². The Morgan fingerprint density at radius 3 is 2.52 bits per heavy atom. The maximum absolute atomic E-state index is 14.0. The van der Waals surface area contributed by atoms with Gasteiger partial charge in [-0.2, -0.15) is 5.26 Å². The SMILES string of the molecule is COC(=O)O[C@@]12C(=O)C(C#N)C(=O)[C@@H](N(C)C)[C@@H]1C[C@@H]1Cc3cccc(O)c3C(=O)C1C2=O. The molecule has 0 heterocycles. The molecule has 1 N–H and O–H groups in total. The molecule has 0 amide bonds. The Labute approximate surface area is 189 Å². The van der Waals surface area contributed by atoms with Crippen LogP contribution in [0.1, 0.15) is 22.3 Å². The van der Waals surface area contributed by atoms with Crippen molar-refractivity contribution >= 4 is 29.3 Å². The molecule has 0 aliphatic heterocycles. The first-order valence-corrected chi connectivity index (χ1v) is 10.4. The van der Waals surface area contributed by atoms with Crippen LogP contribution in [0, 0.1) is 35.0 Å². The van der Waals surface area contributed by atoms with E-state index in [1.165, 1.54) is 11.0 Å². The lowest BCUT2D eigenvalue weighted by atomic mass is 9.52. The summed E-state index contributed by atoms with van der Waals surface area (Å²) in [6, 6.07) is 5.14. The number of rotatable bonds is 2. The first-order valence-electron chi connectivity index (χ1n) is 10.4. The summed E-state index contributed by atoms with van der Waals surface area (Å²) in [5, 5.41) is 19.8. The topological polar surface area (TPSA) is 151 Å². The van der Waals surface area contributed by atoms with Crippen LogP contribution in [0.3, 0.4) is 0 Å². The van der Waals surface area contributed by atoms with Crippen LogP contribution in [-0.4, -0.2) is 72.1 Å². The Morgan fingerprint density at radius 1 is 1.21 bits per heavy atom. The van der Waals surface area contributed by atoms with E-state index in [4.69, 9.17) is 4.74 Å². The average Bonchev–Trinajstić information content (AvgIpc) is 2.75. The molecule has 172 valence electrons. The van der Waals surface area contributed by atoms with E-state index in [1.54, 1.807) is 32.3 Å². The number of carbonyl (C=O) groups is 5. The Kier molecular flexibility index (Phi) is 5.33. The van der Waals surface area contributed by atoms with Gasteiger partial charge in [0, 0.05) is 5.92 Å². The Morgan fingerprint density at radius 2 is 1.91 bits per heavy atom. The summed E-state index contributed by atoms with van der Waals surface area (Å²) in [7, 11) is 4.12. The van der Waals surface area contributed by atoms with Crippen LogP contribution in [-0.2, 0) is 30.3 Å². The van der Waals surface area contributed by atoms with E-state index in [1.807, 2.05) is 0 Å². The van der Waals surface area contributed by atoms with Crippen LogP contribution in [0.5, 0.6) is 5.75 Å². The summed E-state index contributed by atoms with van der Waals surface area (Å²) in [4.78, 5) is 67.6. The average molecular weight is 454 g/mol. The van der Waals surface area contributed by atoms with Crippen LogP contribution in [0.25, 0.3) is 0 Å². The molecule has 0 bridgehead atoms. The van der Waals surface area contributed by atoms with Gasteiger partial charge in [0.15, 0.2) is 23.3 Å². The van der Waals surface area contributed by atoms with E-state index in [2.05, 4.69) is 4.74 Å². The van der Waals surface area contributed by atoms with E-state index >= 15 is 0 Å². The van der Waals surface area contributed by atoms with Crippen molar-refractivity contribution in [3.8, 4) is 11.8 Å². The summed E-state index contributed by atoms with van der Waals surface area (Å²) < 4.78 is 9.88. The summed E-state index contributed by atoms with van der Waals surface area (Å²) in [6.07, 6.45) is -1.05. The van der Waals surface area contributed by atoms with Crippen LogP contribution in [0.15, 0.2) is 18.2 Å². The zero-order valence-electron chi connectivity index (χ0n) is 18.2. The molecule has 3 aliphatic carbocycles. The molecule has 0 aromatic heterocycles. The number of nitriles is 1. The molecule has 0 radical (unpaired) electrons. The molecule has 10 nitrogen and oxygen atoms in total. The van der Waals surface area contributed by atoms with Crippen molar-refractivity contribution < 1.29 is 38.6 Å². The van der Waals surface area contributed by atoms with Crippen molar-refractivity contribution in [2.24, 2.45) is 23.7 Å². The number of Topliss-reactive ketones (excluding diaryl/α,β-unsaturated/α-hetero) is 4. The largest absolute Gasteiger partial charge is 0.509 e. The molecule has 10 heteroatoms. The Bertz CT molecular complexity index is 1140. The molecule has 4 rings (SSSR count). The summed E-state index contributed by atoms with van der Waals surface area (Å²) in [5.74, 6) is -8.75. The number of phenols is 1. The fourth-order valence-electron chi connectivity index (χ4n) is 5.72. The lowest BCUT2D eigenvalue weighted by molar-refractivity contribution is -0.182. The summed E-state index contributed by atoms with van der Waals surface area (Å²) in [5.41, 5.74) is -1.99. The molecule has 2 fully saturated rings. The van der Waals surface area contributed by atoms with Crippen LogP contribution in [0.2, 0.25) is 0 Å². The second kappa shape index (κ2) is 7.78. The summed E-state index contributed by atoms with van der Waals surface area (Å²) >= 11 is 0. The predicted octanol–water partition coefficient (Wildman–Crippen LogP) is 0.696. The number of phenolic OH excluding ortho intramolecular Hbond substituents is 1. The molecule has 2 unspecified atom stereocenters. The minimum absolute atomic E-state index is 0.0147. The van der Waals surface area contributed by atoms with Gasteiger partial charge in [-0.25, -0.2) is 4.79 Å². The first kappa shape index (κ1) is 22.6. The molecular weight excluding hydrogens is 432 g/mol. The van der Waals surface area contributed by atoms with Gasteiger partial charge < -0.3 is 14.6 Å². The van der Waals surface area contributed by atoms with Gasteiger partial charge >= 0.3 is 6.16 Å². The maximum Gasteiger partial charge on any atom is 0.509 e. The number of nitrogens with zero attached hydrogens (tertiary/aromatic N) is 2. The number of carbonyl (C=O) groups excluding carboxylic acids is 5. The molecule has 2 saturated carbocycles. The van der Waals surface area contributed by atoms with E-state index in [-0.39, 0.29) is 24.2 Å². The first-order chi connectivity index (χ1) is 15.6. The third kappa shape index (κ3) is 2.99. The lowest BCUT2D eigenvalue weighted by Gasteiger charge is -2.53. The number of aromatic hydroxyl groups is 1. The van der Waals surface area contributed by atoms with Gasteiger partial charge in [-0.1, -0.05) is 12.1 Å². The number of methoxy groups -OCH3 is 1. The minimum Gasteiger partial charge on any atom is -0.507 e. The zero-order chi connectivity index (χ0) is 24.2. The highest BCUT2D eigenvalue weighted by Crippen LogP contribution is 2.52. The third-order valence-corrected chi connectivity index (χ3v) is 7.02. The molecule has 0 saturated heterocycles. The van der Waals surface area contributed by atoms with Gasteiger partial charge in [0.25, 0.3) is 0 Å².